The second kappa shape index (κ2) is 4.68. The number of halogens is 3. The number of aromatic nitrogens is 2. The molecule has 0 unspecified atom stereocenters. The van der Waals surface area contributed by atoms with E-state index in [1.165, 1.54) is 18.7 Å². The van der Waals surface area contributed by atoms with Crippen molar-refractivity contribution in [2.75, 3.05) is 0 Å². The summed E-state index contributed by atoms with van der Waals surface area (Å²) in [6.07, 6.45) is -0.757. The normalized spacial score (nSPS) is 11.3. The Kier molecular flexibility index (Phi) is 3.20. The molecule has 2 aromatic rings. The van der Waals surface area contributed by atoms with Gasteiger partial charge in [0.05, 0.1) is 11.1 Å². The second-order valence-electron chi connectivity index (χ2n) is 3.73. The van der Waals surface area contributed by atoms with E-state index in [4.69, 9.17) is 5.11 Å². The molecule has 19 heavy (non-hydrogen) atoms. The molecule has 0 aliphatic rings. The second-order valence-corrected chi connectivity index (χ2v) is 3.73. The van der Waals surface area contributed by atoms with Gasteiger partial charge in [0.25, 0.3) is 0 Å². The van der Waals surface area contributed by atoms with Crippen molar-refractivity contribution >= 4 is 5.97 Å². The van der Waals surface area contributed by atoms with Crippen molar-refractivity contribution in [3.63, 3.8) is 0 Å². The molecule has 0 aliphatic heterocycles. The van der Waals surface area contributed by atoms with Gasteiger partial charge in [0, 0.05) is 18.0 Å². The van der Waals surface area contributed by atoms with Crippen LogP contribution in [0.25, 0.3) is 11.1 Å². The topological polar surface area (TPSA) is 63.1 Å². The average molecular weight is 268 g/mol. The van der Waals surface area contributed by atoms with Crippen LogP contribution in [0.4, 0.5) is 13.2 Å². The molecule has 1 aromatic carbocycles. The Morgan fingerprint density at radius 2 is 1.68 bits per heavy atom. The number of hydrogen-bond donors (Lipinski definition) is 1. The summed E-state index contributed by atoms with van der Waals surface area (Å²) in [7, 11) is 0. The predicted molar refractivity (Wildman–Crippen MR) is 59.4 cm³/mol. The molecule has 0 saturated heterocycles. The quantitative estimate of drug-likeness (QED) is 0.909. The molecule has 0 atom stereocenters. The van der Waals surface area contributed by atoms with Crippen LogP contribution in [-0.4, -0.2) is 21.0 Å². The highest BCUT2D eigenvalue weighted by Gasteiger charge is 2.31. The van der Waals surface area contributed by atoms with E-state index in [1.54, 1.807) is 0 Å². The van der Waals surface area contributed by atoms with Crippen LogP contribution in [0.1, 0.15) is 15.9 Å². The molecular formula is C12H7F3N2O2. The number of alkyl halides is 3. The van der Waals surface area contributed by atoms with Gasteiger partial charge >= 0.3 is 12.1 Å². The largest absolute Gasteiger partial charge is 0.478 e. The smallest absolute Gasteiger partial charge is 0.416 e. The van der Waals surface area contributed by atoms with E-state index in [-0.39, 0.29) is 5.56 Å². The maximum atomic E-state index is 12.7. The third-order valence-electron chi connectivity index (χ3n) is 2.40. The van der Waals surface area contributed by atoms with Gasteiger partial charge in [-0.25, -0.2) is 14.8 Å². The molecule has 1 N–H and O–H groups in total. The Morgan fingerprint density at radius 3 is 2.21 bits per heavy atom. The van der Waals surface area contributed by atoms with E-state index in [0.29, 0.717) is 11.6 Å². The van der Waals surface area contributed by atoms with Gasteiger partial charge in [0.1, 0.15) is 6.33 Å². The number of benzene rings is 1. The maximum absolute atomic E-state index is 12.7. The van der Waals surface area contributed by atoms with Gasteiger partial charge in [-0.3, -0.25) is 0 Å². The molecular weight excluding hydrogens is 261 g/mol. The van der Waals surface area contributed by atoms with Crippen LogP contribution in [0.15, 0.2) is 36.9 Å². The Balaban J connectivity index is 2.62. The van der Waals surface area contributed by atoms with Crippen LogP contribution < -0.4 is 0 Å². The Bertz CT molecular complexity index is 612. The molecule has 98 valence electrons. The van der Waals surface area contributed by atoms with Gasteiger partial charge in [0.2, 0.25) is 0 Å². The minimum Gasteiger partial charge on any atom is -0.478 e. The van der Waals surface area contributed by atoms with Crippen LogP contribution in [0.2, 0.25) is 0 Å². The SMILES string of the molecule is O=C(O)c1cc(-c2cncnc2)cc(C(F)(F)F)c1. The Morgan fingerprint density at radius 1 is 1.05 bits per heavy atom. The van der Waals surface area contributed by atoms with E-state index >= 15 is 0 Å². The van der Waals surface area contributed by atoms with Crippen molar-refractivity contribution in [2.24, 2.45) is 0 Å². The zero-order chi connectivity index (χ0) is 14.0. The van der Waals surface area contributed by atoms with Crippen molar-refractivity contribution in [1.82, 2.24) is 9.97 Å². The van der Waals surface area contributed by atoms with Gasteiger partial charge in [-0.05, 0) is 23.8 Å². The molecule has 0 fully saturated rings. The predicted octanol–water partition coefficient (Wildman–Crippen LogP) is 2.86. The molecule has 0 spiro atoms. The first-order chi connectivity index (χ1) is 8.88. The summed E-state index contributed by atoms with van der Waals surface area (Å²) in [4.78, 5) is 18.2. The van der Waals surface area contributed by atoms with Gasteiger partial charge in [-0.1, -0.05) is 0 Å². The lowest BCUT2D eigenvalue weighted by molar-refractivity contribution is -0.137. The van der Waals surface area contributed by atoms with Gasteiger partial charge in [-0.2, -0.15) is 13.2 Å². The summed E-state index contributed by atoms with van der Waals surface area (Å²) in [6.45, 7) is 0. The first kappa shape index (κ1) is 13.0. The fourth-order valence-corrected chi connectivity index (χ4v) is 1.53. The summed E-state index contributed by atoms with van der Waals surface area (Å²) >= 11 is 0. The van der Waals surface area contributed by atoms with Crippen LogP contribution in [0.3, 0.4) is 0 Å². The lowest BCUT2D eigenvalue weighted by Crippen LogP contribution is -2.08. The van der Waals surface area contributed by atoms with E-state index in [9.17, 15) is 18.0 Å². The fourth-order valence-electron chi connectivity index (χ4n) is 1.53. The summed E-state index contributed by atoms with van der Waals surface area (Å²) in [5.74, 6) is -1.43. The van der Waals surface area contributed by atoms with Gasteiger partial charge in [-0.15, -0.1) is 0 Å². The number of nitrogens with zero attached hydrogens (tertiary/aromatic N) is 2. The molecule has 1 heterocycles. The first-order valence-electron chi connectivity index (χ1n) is 5.09. The zero-order valence-electron chi connectivity index (χ0n) is 9.35. The summed E-state index contributed by atoms with van der Waals surface area (Å²) in [5.41, 5.74) is -1.04. The fraction of sp³-hybridized carbons (Fsp3) is 0.0833. The molecule has 2 rings (SSSR count). The maximum Gasteiger partial charge on any atom is 0.416 e. The van der Waals surface area contributed by atoms with E-state index in [1.807, 2.05) is 0 Å². The number of aromatic carboxylic acids is 1. The number of carboxylic acids is 1. The average Bonchev–Trinajstić information content (AvgIpc) is 2.38. The van der Waals surface area contributed by atoms with Crippen LogP contribution in [0.5, 0.6) is 0 Å². The van der Waals surface area contributed by atoms with Crippen LogP contribution in [-0.2, 0) is 6.18 Å². The Hall–Kier alpha value is -2.44. The van der Waals surface area contributed by atoms with Crippen molar-refractivity contribution in [2.45, 2.75) is 6.18 Å². The lowest BCUT2D eigenvalue weighted by Gasteiger charge is -2.10. The number of carbonyl (C=O) groups is 1. The third-order valence-corrected chi connectivity index (χ3v) is 2.40. The molecule has 4 nitrogen and oxygen atoms in total. The van der Waals surface area contributed by atoms with Gasteiger partial charge < -0.3 is 5.11 Å². The molecule has 0 saturated carbocycles. The summed E-state index contributed by atoms with van der Waals surface area (Å²) in [6, 6.07) is 2.61. The third kappa shape index (κ3) is 2.87. The highest BCUT2D eigenvalue weighted by atomic mass is 19.4. The monoisotopic (exact) mass is 268 g/mol. The molecule has 0 amide bonds. The molecule has 1 aromatic heterocycles. The van der Waals surface area contributed by atoms with Crippen molar-refractivity contribution in [1.29, 1.82) is 0 Å². The number of rotatable bonds is 2. The van der Waals surface area contributed by atoms with Crippen molar-refractivity contribution in [3.8, 4) is 11.1 Å². The van der Waals surface area contributed by atoms with Crippen LogP contribution >= 0.6 is 0 Å². The number of carboxylic acid groups (broad SMARTS) is 1. The summed E-state index contributed by atoms with van der Waals surface area (Å²) in [5, 5.41) is 8.85. The highest BCUT2D eigenvalue weighted by molar-refractivity contribution is 5.89. The van der Waals surface area contributed by atoms with Crippen molar-refractivity contribution < 1.29 is 23.1 Å². The summed E-state index contributed by atoms with van der Waals surface area (Å²) < 4.78 is 38.1. The molecule has 0 aliphatic carbocycles. The Labute approximate surface area is 105 Å². The van der Waals surface area contributed by atoms with E-state index in [0.717, 1.165) is 12.1 Å². The zero-order valence-corrected chi connectivity index (χ0v) is 9.35. The molecule has 7 heteroatoms. The van der Waals surface area contributed by atoms with E-state index in [2.05, 4.69) is 9.97 Å². The lowest BCUT2D eigenvalue weighted by atomic mass is 10.0. The van der Waals surface area contributed by atoms with Gasteiger partial charge in [0.15, 0.2) is 0 Å². The highest BCUT2D eigenvalue weighted by Crippen LogP contribution is 2.33. The number of hydrogen-bond acceptors (Lipinski definition) is 3. The minimum atomic E-state index is -4.62. The molecule has 0 radical (unpaired) electrons. The minimum absolute atomic E-state index is 0.104. The molecule has 0 bridgehead atoms. The standard InChI is InChI=1S/C12H7F3N2O2/c13-12(14,15)10-2-7(1-8(3-10)11(18)19)9-4-16-6-17-5-9/h1-6H,(H,18,19). The van der Waals surface area contributed by atoms with Crippen molar-refractivity contribution in [3.05, 3.63) is 48.0 Å². The first-order valence-corrected chi connectivity index (χ1v) is 5.09. The van der Waals surface area contributed by atoms with E-state index < -0.39 is 23.3 Å². The van der Waals surface area contributed by atoms with Crippen LogP contribution in [0, 0.1) is 0 Å².